The van der Waals surface area contributed by atoms with Gasteiger partial charge < -0.3 is 4.90 Å². The molecule has 0 aliphatic carbocycles. The molecule has 3 aromatic heterocycles. The Morgan fingerprint density at radius 3 is 2.96 bits per heavy atom. The highest BCUT2D eigenvalue weighted by atomic mass is 16.2. The van der Waals surface area contributed by atoms with Gasteiger partial charge in [0.05, 0.1) is 6.04 Å². The van der Waals surface area contributed by atoms with E-state index in [1.54, 1.807) is 29.4 Å². The highest BCUT2D eigenvalue weighted by Crippen LogP contribution is 2.20. The molecule has 1 atom stereocenters. The van der Waals surface area contributed by atoms with Gasteiger partial charge in [0.2, 0.25) is 5.91 Å². The fourth-order valence-electron chi connectivity index (χ4n) is 3.19. The lowest BCUT2D eigenvalue weighted by Crippen LogP contribution is -2.43. The third kappa shape index (κ3) is 2.60. The summed E-state index contributed by atoms with van der Waals surface area (Å²) in [7, 11) is 0. The van der Waals surface area contributed by atoms with Crippen molar-refractivity contribution in [2.24, 2.45) is 0 Å². The summed E-state index contributed by atoms with van der Waals surface area (Å²) in [6, 6.07) is 7.40. The number of piperidine rings is 1. The van der Waals surface area contributed by atoms with Crippen molar-refractivity contribution in [2.75, 3.05) is 13.1 Å². The monoisotopic (exact) mass is 326 g/mol. The molecule has 1 fully saturated rings. The van der Waals surface area contributed by atoms with E-state index in [4.69, 9.17) is 0 Å². The normalized spacial score (nSPS) is 18.2. The molecular weight excluding hydrogens is 308 g/mol. The molecule has 0 aromatic carbocycles. The Morgan fingerprint density at radius 1 is 1.25 bits per heavy atom. The Bertz CT molecular complexity index is 910. The van der Waals surface area contributed by atoms with Gasteiger partial charge in [-0.3, -0.25) is 13.9 Å². The Hall–Kier alpha value is -2.90. The molecule has 0 spiro atoms. The van der Waals surface area contributed by atoms with Crippen molar-refractivity contribution >= 4 is 11.6 Å². The van der Waals surface area contributed by atoms with Crippen molar-refractivity contribution in [1.29, 1.82) is 0 Å². The summed E-state index contributed by atoms with van der Waals surface area (Å²) in [5.41, 5.74) is 0.253. The zero-order valence-corrected chi connectivity index (χ0v) is 13.2. The minimum absolute atomic E-state index is 0.0354. The van der Waals surface area contributed by atoms with E-state index in [-0.39, 0.29) is 24.2 Å². The number of hydrogen-bond acceptors (Lipinski definition) is 4. The average Bonchev–Trinajstić information content (AvgIpc) is 3.25. The van der Waals surface area contributed by atoms with E-state index in [0.717, 1.165) is 12.8 Å². The number of rotatable bonds is 3. The van der Waals surface area contributed by atoms with Crippen molar-refractivity contribution in [3.8, 4) is 0 Å². The van der Waals surface area contributed by atoms with Gasteiger partial charge in [-0.05, 0) is 31.0 Å². The number of amides is 1. The molecule has 0 radical (unpaired) electrons. The van der Waals surface area contributed by atoms with Crippen LogP contribution in [0.4, 0.5) is 0 Å². The minimum Gasteiger partial charge on any atom is -0.339 e. The van der Waals surface area contributed by atoms with Crippen LogP contribution < -0.4 is 5.69 Å². The fraction of sp³-hybridized carbons (Fsp3) is 0.375. The first-order valence-electron chi connectivity index (χ1n) is 8.03. The van der Waals surface area contributed by atoms with Crippen LogP contribution in [0.25, 0.3) is 5.65 Å². The minimum atomic E-state index is -0.292. The molecule has 1 saturated heterocycles. The molecule has 1 unspecified atom stereocenters. The predicted octanol–water partition coefficient (Wildman–Crippen LogP) is 0.556. The predicted molar refractivity (Wildman–Crippen MR) is 86.5 cm³/mol. The molecule has 0 N–H and O–H groups in total. The van der Waals surface area contributed by atoms with Gasteiger partial charge >= 0.3 is 5.69 Å². The van der Waals surface area contributed by atoms with Gasteiger partial charge in [-0.15, -0.1) is 5.10 Å². The molecule has 1 aliphatic heterocycles. The van der Waals surface area contributed by atoms with E-state index >= 15 is 0 Å². The van der Waals surface area contributed by atoms with Gasteiger partial charge in [-0.25, -0.2) is 9.48 Å². The smallest absolute Gasteiger partial charge is 0.339 e. The van der Waals surface area contributed by atoms with Crippen molar-refractivity contribution in [3.05, 3.63) is 53.3 Å². The second kappa shape index (κ2) is 5.95. The summed E-state index contributed by atoms with van der Waals surface area (Å²) in [4.78, 5) is 26.7. The fourth-order valence-corrected chi connectivity index (χ4v) is 3.19. The van der Waals surface area contributed by atoms with E-state index in [0.29, 0.717) is 18.7 Å². The molecule has 1 amide bonds. The van der Waals surface area contributed by atoms with Crippen molar-refractivity contribution in [3.63, 3.8) is 0 Å². The van der Waals surface area contributed by atoms with Crippen LogP contribution in [0.1, 0.15) is 18.9 Å². The zero-order valence-electron chi connectivity index (χ0n) is 13.2. The number of carbonyl (C=O) groups is 1. The second-order valence-corrected chi connectivity index (χ2v) is 5.99. The molecule has 8 nitrogen and oxygen atoms in total. The highest BCUT2D eigenvalue weighted by molar-refractivity contribution is 5.76. The topological polar surface area (TPSA) is 77.4 Å². The molecule has 0 bridgehead atoms. The van der Waals surface area contributed by atoms with Crippen LogP contribution in [0, 0.1) is 0 Å². The number of fused-ring (bicyclic) bond motifs is 1. The van der Waals surface area contributed by atoms with Gasteiger partial charge in [0.25, 0.3) is 0 Å². The first kappa shape index (κ1) is 14.7. The Labute approximate surface area is 137 Å². The first-order chi connectivity index (χ1) is 11.7. The van der Waals surface area contributed by atoms with Crippen LogP contribution in [0.2, 0.25) is 0 Å². The summed E-state index contributed by atoms with van der Waals surface area (Å²) in [6.07, 6.45) is 7.25. The van der Waals surface area contributed by atoms with E-state index in [2.05, 4.69) is 10.2 Å². The van der Waals surface area contributed by atoms with Gasteiger partial charge in [-0.1, -0.05) is 6.07 Å². The lowest BCUT2D eigenvalue weighted by atomic mass is 10.1. The number of likely N-dealkylation sites (tertiary alicyclic amines) is 1. The van der Waals surface area contributed by atoms with Gasteiger partial charge in [0.1, 0.15) is 6.54 Å². The van der Waals surface area contributed by atoms with Crippen LogP contribution in [-0.4, -0.2) is 47.9 Å². The van der Waals surface area contributed by atoms with Crippen LogP contribution in [-0.2, 0) is 11.3 Å². The van der Waals surface area contributed by atoms with Crippen LogP contribution >= 0.6 is 0 Å². The summed E-state index contributed by atoms with van der Waals surface area (Å²) < 4.78 is 4.57. The molecule has 124 valence electrons. The average molecular weight is 326 g/mol. The summed E-state index contributed by atoms with van der Waals surface area (Å²) in [5.74, 6) is -0.0858. The van der Waals surface area contributed by atoms with Gasteiger partial charge in [0, 0.05) is 31.7 Å². The number of carbonyl (C=O) groups excluding carboxylic acids is 1. The number of hydrogen-bond donors (Lipinski definition) is 0. The molecule has 0 saturated carbocycles. The van der Waals surface area contributed by atoms with E-state index in [1.807, 2.05) is 23.0 Å². The van der Waals surface area contributed by atoms with Crippen molar-refractivity contribution in [1.82, 2.24) is 28.9 Å². The molecule has 4 rings (SSSR count). The van der Waals surface area contributed by atoms with Crippen molar-refractivity contribution in [2.45, 2.75) is 25.4 Å². The zero-order chi connectivity index (χ0) is 16.5. The molecule has 8 heteroatoms. The maximum absolute atomic E-state index is 12.6. The molecule has 1 aliphatic rings. The molecular formula is C16H18N6O2. The lowest BCUT2D eigenvalue weighted by molar-refractivity contribution is -0.133. The van der Waals surface area contributed by atoms with Crippen LogP contribution in [0.3, 0.4) is 0 Å². The quantitative estimate of drug-likeness (QED) is 0.704. The van der Waals surface area contributed by atoms with Gasteiger partial charge in [0.15, 0.2) is 5.65 Å². The lowest BCUT2D eigenvalue weighted by Gasteiger charge is -2.32. The Morgan fingerprint density at radius 2 is 2.17 bits per heavy atom. The molecule has 4 heterocycles. The van der Waals surface area contributed by atoms with E-state index in [9.17, 15) is 9.59 Å². The Balaban J connectivity index is 1.51. The molecule has 24 heavy (non-hydrogen) atoms. The standard InChI is InChI=1S/C16H18N6O2/c23-15(12-22-16(24)20-9-2-1-6-14(20)18-22)19-8-3-5-13(11-19)21-10-4-7-17-21/h1-2,4,6-7,9-10,13H,3,5,8,11-12H2. The number of nitrogens with zero attached hydrogens (tertiary/aromatic N) is 6. The first-order valence-corrected chi connectivity index (χ1v) is 8.03. The molecule has 3 aromatic rings. The number of aromatic nitrogens is 5. The maximum Gasteiger partial charge on any atom is 0.350 e. The van der Waals surface area contributed by atoms with E-state index < -0.39 is 0 Å². The summed E-state index contributed by atoms with van der Waals surface area (Å²) in [5, 5.41) is 8.49. The third-order valence-corrected chi connectivity index (χ3v) is 4.42. The maximum atomic E-state index is 12.6. The highest BCUT2D eigenvalue weighted by Gasteiger charge is 2.25. The Kier molecular flexibility index (Phi) is 3.64. The van der Waals surface area contributed by atoms with Crippen molar-refractivity contribution < 1.29 is 4.79 Å². The largest absolute Gasteiger partial charge is 0.350 e. The SMILES string of the molecule is O=C(Cn1nc2ccccn2c1=O)N1CCCC(n2cccn2)C1. The summed E-state index contributed by atoms with van der Waals surface area (Å²) >= 11 is 0. The van der Waals surface area contributed by atoms with Gasteiger partial charge in [-0.2, -0.15) is 5.10 Å². The van der Waals surface area contributed by atoms with Crippen LogP contribution in [0.5, 0.6) is 0 Å². The second-order valence-electron chi connectivity index (χ2n) is 5.99. The van der Waals surface area contributed by atoms with E-state index in [1.165, 1.54) is 9.08 Å². The number of pyridine rings is 1. The van der Waals surface area contributed by atoms with Crippen LogP contribution in [0.15, 0.2) is 47.7 Å². The summed E-state index contributed by atoms with van der Waals surface area (Å²) in [6.45, 7) is 1.29. The third-order valence-electron chi connectivity index (χ3n) is 4.42.